The van der Waals surface area contributed by atoms with Gasteiger partial charge in [0, 0.05) is 22.3 Å². The first-order chi connectivity index (χ1) is 21.1. The van der Waals surface area contributed by atoms with E-state index in [9.17, 15) is 0 Å². The summed E-state index contributed by atoms with van der Waals surface area (Å²) < 4.78 is 8.84. The monoisotopic (exact) mass is 564 g/mol. The van der Waals surface area contributed by atoms with E-state index in [-0.39, 0.29) is 0 Å². The number of aliphatic imine (C=N–C) groups is 2. The Kier molecular flexibility index (Phi) is 5.59. The number of rotatable bonds is 3. The number of benzene rings is 2. The molecule has 2 heterocycles. The van der Waals surface area contributed by atoms with Crippen LogP contribution in [0.3, 0.4) is 0 Å². The van der Waals surface area contributed by atoms with Gasteiger partial charge in [0.05, 0.1) is 17.8 Å². The molecule has 0 radical (unpaired) electrons. The molecule has 0 bridgehead atoms. The third kappa shape index (κ3) is 3.90. The molecule has 3 unspecified atom stereocenters. The van der Waals surface area contributed by atoms with E-state index in [1.807, 2.05) is 6.07 Å². The van der Waals surface area contributed by atoms with Crippen molar-refractivity contribution in [3.8, 4) is 0 Å². The zero-order valence-corrected chi connectivity index (χ0v) is 24.6. The highest BCUT2D eigenvalue weighted by molar-refractivity contribution is 6.11. The molecule has 0 amide bonds. The predicted molar refractivity (Wildman–Crippen MR) is 176 cm³/mol. The molecule has 0 spiro atoms. The van der Waals surface area contributed by atoms with Gasteiger partial charge >= 0.3 is 0 Å². The van der Waals surface area contributed by atoms with Crippen LogP contribution in [0.25, 0.3) is 34.0 Å². The minimum atomic E-state index is 0.430. The van der Waals surface area contributed by atoms with Crippen LogP contribution in [0.4, 0.5) is 0 Å². The van der Waals surface area contributed by atoms with E-state index in [0.29, 0.717) is 30.3 Å². The van der Waals surface area contributed by atoms with Crippen LogP contribution < -0.4 is 5.73 Å². The summed E-state index contributed by atoms with van der Waals surface area (Å²) in [6, 6.07) is 15.0. The lowest BCUT2D eigenvalue weighted by Crippen LogP contribution is -2.28. The van der Waals surface area contributed by atoms with Crippen molar-refractivity contribution < 1.29 is 4.42 Å². The SMILES string of the molecule is CC1c2oc3cc4c5c(n(/C(N)=N/C(=N\Cc6ccccc6)C6=CC=CCC6)c4cc3c2C=C2CCC21)C=C1CCC1C5. The first-order valence-electron chi connectivity index (χ1n) is 16.0. The van der Waals surface area contributed by atoms with Gasteiger partial charge in [0.2, 0.25) is 5.96 Å². The summed E-state index contributed by atoms with van der Waals surface area (Å²) >= 11 is 0. The van der Waals surface area contributed by atoms with Crippen molar-refractivity contribution in [3.05, 3.63) is 106 Å². The summed E-state index contributed by atoms with van der Waals surface area (Å²) in [4.78, 5) is 10.1. The molecule has 2 N–H and O–H groups in total. The Balaban J connectivity index is 1.23. The van der Waals surface area contributed by atoms with Crippen LogP contribution in [-0.4, -0.2) is 16.4 Å². The molecule has 5 aliphatic rings. The lowest BCUT2D eigenvalue weighted by atomic mass is 9.67. The average Bonchev–Trinajstić information content (AvgIpc) is 3.52. The number of amidine groups is 1. The van der Waals surface area contributed by atoms with Crippen molar-refractivity contribution >= 4 is 45.8 Å². The number of nitrogens with two attached hydrogens (primary N) is 1. The number of furan rings is 1. The molecule has 43 heavy (non-hydrogen) atoms. The second-order valence-electron chi connectivity index (χ2n) is 13.0. The lowest BCUT2D eigenvalue weighted by Gasteiger charge is -2.37. The predicted octanol–water partition coefficient (Wildman–Crippen LogP) is 8.69. The summed E-state index contributed by atoms with van der Waals surface area (Å²) in [5.41, 5.74) is 18.4. The lowest BCUT2D eigenvalue weighted by molar-refractivity contribution is 0.339. The first-order valence-corrected chi connectivity index (χ1v) is 16.0. The molecule has 2 aromatic heterocycles. The summed E-state index contributed by atoms with van der Waals surface area (Å²) in [5, 5.41) is 2.42. The molecule has 5 heteroatoms. The maximum absolute atomic E-state index is 7.06. The van der Waals surface area contributed by atoms with E-state index in [1.165, 1.54) is 58.8 Å². The van der Waals surface area contributed by atoms with Gasteiger partial charge in [-0.05, 0) is 91.7 Å². The van der Waals surface area contributed by atoms with Gasteiger partial charge in [0.25, 0.3) is 0 Å². The van der Waals surface area contributed by atoms with Crippen LogP contribution in [0.5, 0.6) is 0 Å². The maximum Gasteiger partial charge on any atom is 0.207 e. The molecule has 0 aliphatic heterocycles. The van der Waals surface area contributed by atoms with Gasteiger partial charge in [0.1, 0.15) is 11.3 Å². The van der Waals surface area contributed by atoms with E-state index in [1.54, 1.807) is 5.57 Å². The standard InChI is InChI=1S/C38H36N4O/c1-22-28-15-14-27(28)17-32-31-19-34-30(20-35(31)43-36(22)32)29-16-25-12-13-26(25)18-33(29)42(34)38(39)41-37(24-10-6-3-7-11-24)40-21-23-8-4-2-5-9-23/h2-6,8-10,17-20,22,25,28H,7,11-16,21H2,1H3,(H2,39,40,41). The molecule has 0 saturated heterocycles. The van der Waals surface area contributed by atoms with Gasteiger partial charge in [-0.25, -0.2) is 0 Å². The smallest absolute Gasteiger partial charge is 0.207 e. The minimum absolute atomic E-state index is 0.430. The third-order valence-corrected chi connectivity index (χ3v) is 10.6. The molecule has 2 saturated carbocycles. The Bertz CT molecular complexity index is 2010. The molecule has 214 valence electrons. The fourth-order valence-corrected chi connectivity index (χ4v) is 7.96. The number of hydrogen-bond donors (Lipinski definition) is 1. The van der Waals surface area contributed by atoms with Crippen LogP contribution in [0, 0.1) is 11.8 Å². The molecule has 3 atom stereocenters. The van der Waals surface area contributed by atoms with Crippen molar-refractivity contribution in [2.24, 2.45) is 27.6 Å². The Morgan fingerprint density at radius 3 is 2.67 bits per heavy atom. The van der Waals surface area contributed by atoms with Crippen LogP contribution in [0.2, 0.25) is 0 Å². The van der Waals surface area contributed by atoms with Crippen LogP contribution in [-0.2, 0) is 13.0 Å². The second-order valence-corrected chi connectivity index (χ2v) is 13.0. The molecule has 5 nitrogen and oxygen atoms in total. The van der Waals surface area contributed by atoms with E-state index in [2.05, 4.69) is 78.3 Å². The topological polar surface area (TPSA) is 68.8 Å². The van der Waals surface area contributed by atoms with Crippen molar-refractivity contribution in [2.75, 3.05) is 0 Å². The van der Waals surface area contributed by atoms with Gasteiger partial charge < -0.3 is 10.2 Å². The highest BCUT2D eigenvalue weighted by atomic mass is 16.3. The minimum Gasteiger partial charge on any atom is -0.460 e. The summed E-state index contributed by atoms with van der Waals surface area (Å²) in [6.45, 7) is 2.90. The van der Waals surface area contributed by atoms with Crippen LogP contribution in [0.15, 0.2) is 91.8 Å². The highest BCUT2D eigenvalue weighted by Gasteiger charge is 2.38. The van der Waals surface area contributed by atoms with Gasteiger partial charge in [-0.2, -0.15) is 4.99 Å². The molecule has 5 aliphatic carbocycles. The van der Waals surface area contributed by atoms with E-state index in [4.69, 9.17) is 20.1 Å². The van der Waals surface area contributed by atoms with E-state index < -0.39 is 0 Å². The molecule has 2 fully saturated rings. The number of nitrogens with zero attached hydrogens (tertiary/aromatic N) is 3. The zero-order chi connectivity index (χ0) is 28.7. The summed E-state index contributed by atoms with van der Waals surface area (Å²) in [5.74, 6) is 4.07. The molecule has 2 aromatic carbocycles. The molecular formula is C38H36N4O. The Morgan fingerprint density at radius 1 is 1.02 bits per heavy atom. The Hall–Kier alpha value is -4.38. The van der Waals surface area contributed by atoms with Crippen molar-refractivity contribution in [2.45, 2.75) is 64.3 Å². The second kappa shape index (κ2) is 9.57. The number of fused-ring (bicyclic) bond motifs is 8. The van der Waals surface area contributed by atoms with Crippen LogP contribution in [0.1, 0.15) is 79.5 Å². The van der Waals surface area contributed by atoms with Gasteiger partial charge in [-0.1, -0.05) is 72.7 Å². The highest BCUT2D eigenvalue weighted by Crippen LogP contribution is 2.52. The largest absolute Gasteiger partial charge is 0.460 e. The van der Waals surface area contributed by atoms with Crippen molar-refractivity contribution in [3.63, 3.8) is 0 Å². The van der Waals surface area contributed by atoms with Crippen molar-refractivity contribution in [1.82, 2.24) is 4.57 Å². The zero-order valence-electron chi connectivity index (χ0n) is 24.6. The normalized spacial score (nSPS) is 24.3. The van der Waals surface area contributed by atoms with E-state index >= 15 is 0 Å². The Morgan fingerprint density at radius 2 is 1.91 bits per heavy atom. The maximum atomic E-state index is 7.06. The molecular weight excluding hydrogens is 528 g/mol. The molecule has 9 rings (SSSR count). The summed E-state index contributed by atoms with van der Waals surface area (Å²) in [7, 11) is 0. The number of aromatic nitrogens is 1. The van der Waals surface area contributed by atoms with Crippen molar-refractivity contribution in [1.29, 1.82) is 0 Å². The number of hydrogen-bond acceptors (Lipinski definition) is 2. The average molecular weight is 565 g/mol. The fraction of sp³-hybridized carbons (Fsp3) is 0.316. The summed E-state index contributed by atoms with van der Waals surface area (Å²) in [6.07, 6.45) is 19.1. The fourth-order valence-electron chi connectivity index (χ4n) is 7.96. The van der Waals surface area contributed by atoms with Crippen LogP contribution >= 0.6 is 0 Å². The van der Waals surface area contributed by atoms with E-state index in [0.717, 1.165) is 53.1 Å². The van der Waals surface area contributed by atoms with Gasteiger partial charge in [-0.15, -0.1) is 0 Å². The van der Waals surface area contributed by atoms with Gasteiger partial charge in [0.15, 0.2) is 5.84 Å². The van der Waals surface area contributed by atoms with Gasteiger partial charge in [-0.3, -0.25) is 9.56 Å². The first kappa shape index (κ1) is 25.1. The Labute approximate surface area is 251 Å². The third-order valence-electron chi connectivity index (χ3n) is 10.6. The molecule has 4 aromatic rings. The number of allylic oxidation sites excluding steroid dienone is 5. The quantitative estimate of drug-likeness (QED) is 0.200.